The number of ether oxygens (including phenoxy) is 1. The normalized spacial score (nSPS) is 26.1. The molecule has 4 aromatic heterocycles. The highest BCUT2D eigenvalue weighted by Crippen LogP contribution is 2.38. The van der Waals surface area contributed by atoms with Gasteiger partial charge in [0.05, 0.1) is 47.9 Å². The topological polar surface area (TPSA) is 163 Å². The van der Waals surface area contributed by atoms with E-state index in [9.17, 15) is 23.2 Å². The van der Waals surface area contributed by atoms with Crippen LogP contribution in [-0.4, -0.2) is 139 Å². The van der Waals surface area contributed by atoms with Crippen LogP contribution in [0.2, 0.25) is 0 Å². The van der Waals surface area contributed by atoms with Crippen LogP contribution in [-0.2, 0) is 14.3 Å². The SMILES string of the molecule is Cc1nn([C@@H]2CCC(=O)NC2=O)c2cccc(N3CC(CN4CCN(CC5CCC(n6cc(NC(=O)c7cnn8ccc(N9C[C@H]%10C[C@@H]9CO%10)nc78)c(C(F)F)n6)CC5)CC4)C3)c12. The maximum atomic E-state index is 14.3. The summed E-state index contributed by atoms with van der Waals surface area (Å²) in [4.78, 5) is 52.5. The molecule has 3 atom stereocenters. The van der Waals surface area contributed by atoms with Crippen molar-refractivity contribution in [1.82, 2.24) is 49.3 Å². The fourth-order valence-electron chi connectivity index (χ4n) is 11.0. The number of hydrogen-bond acceptors (Lipinski definition) is 12. The number of piperidine rings is 1. The van der Waals surface area contributed by atoms with Crippen molar-refractivity contribution in [3.05, 3.63) is 59.8 Å². The van der Waals surface area contributed by atoms with Crippen molar-refractivity contribution in [2.24, 2.45) is 11.8 Å². The third-order valence-corrected chi connectivity index (χ3v) is 14.4. The van der Waals surface area contributed by atoms with Crippen LogP contribution in [0.25, 0.3) is 16.6 Å². The number of hydrogen-bond donors (Lipinski definition) is 2. The van der Waals surface area contributed by atoms with E-state index in [0.29, 0.717) is 36.9 Å². The van der Waals surface area contributed by atoms with Crippen LogP contribution in [0.5, 0.6) is 0 Å². The smallest absolute Gasteiger partial charge is 0.284 e. The molecule has 5 aromatic rings. The Kier molecular flexibility index (Phi) is 10.4. The van der Waals surface area contributed by atoms with E-state index in [1.54, 1.807) is 21.8 Å². The number of nitrogens with zero attached hydrogens (tertiary/aromatic N) is 11. The summed E-state index contributed by atoms with van der Waals surface area (Å²) in [5, 5.41) is 19.6. The predicted octanol–water partition coefficient (Wildman–Crippen LogP) is 4.21. The first-order valence-electron chi connectivity index (χ1n) is 22.5. The number of aryl methyl sites for hydroxylation is 1. The van der Waals surface area contributed by atoms with E-state index in [4.69, 9.17) is 14.8 Å². The molecule has 6 fully saturated rings. The second-order valence-electron chi connectivity index (χ2n) is 18.5. The standard InChI is InChI=1S/C44H53F2N13O4/c1-26-39-34(3-2-4-35(39)59(51-26)36-9-10-38(60)50-44(36)62)55-21-28(22-55)20-54-15-13-53(14-16-54)19-27-5-7-29(8-6-27)58-24-33(40(52-58)41(45)46)48-43(61)32-18-47-57-12-11-37(49-42(32)57)56-23-31-17-30(56)25-63-31/h2-4,11-12,18,24,27-31,36,41H,5-10,13-17,19-23,25H2,1H3,(H,48,61)(H,50,60,62)/t27?,29?,30-,31-,36-/m1/s1. The van der Waals surface area contributed by atoms with Gasteiger partial charge in [0.25, 0.3) is 18.2 Å². The second-order valence-corrected chi connectivity index (χ2v) is 18.5. The maximum absolute atomic E-state index is 14.3. The molecule has 0 unspecified atom stereocenters. The average Bonchev–Trinajstić information content (AvgIpc) is 4.12. The van der Waals surface area contributed by atoms with Gasteiger partial charge in [-0.05, 0) is 69.6 Å². The second kappa shape index (κ2) is 16.2. The molecule has 5 aliphatic heterocycles. The van der Waals surface area contributed by atoms with Gasteiger partial charge in [-0.3, -0.25) is 29.1 Å². The Morgan fingerprint density at radius 3 is 2.44 bits per heavy atom. The zero-order valence-corrected chi connectivity index (χ0v) is 35.4. The van der Waals surface area contributed by atoms with E-state index < -0.39 is 24.1 Å². The molecule has 5 saturated heterocycles. The molecule has 17 nitrogen and oxygen atoms in total. The first-order chi connectivity index (χ1) is 30.6. The van der Waals surface area contributed by atoms with Gasteiger partial charge in [0.2, 0.25) is 5.91 Å². The van der Waals surface area contributed by atoms with Crippen molar-refractivity contribution < 1.29 is 27.9 Å². The molecular formula is C44H53F2N13O4. The highest BCUT2D eigenvalue weighted by molar-refractivity contribution is 6.08. The number of carbonyl (C=O) groups is 3. The minimum absolute atomic E-state index is 0.0123. The molecule has 0 radical (unpaired) electrons. The number of piperazine rings is 1. The summed E-state index contributed by atoms with van der Waals surface area (Å²) in [5.41, 5.74) is 3.14. The predicted molar refractivity (Wildman–Crippen MR) is 229 cm³/mol. The molecule has 11 rings (SSSR count). The first-order valence-corrected chi connectivity index (χ1v) is 22.5. The Balaban J connectivity index is 0.648. The number of amides is 3. The zero-order chi connectivity index (χ0) is 42.9. The summed E-state index contributed by atoms with van der Waals surface area (Å²) in [6.07, 6.45) is 7.50. The van der Waals surface area contributed by atoms with Crippen molar-refractivity contribution in [3.8, 4) is 0 Å². The molecule has 2 N–H and O–H groups in total. The van der Waals surface area contributed by atoms with E-state index >= 15 is 0 Å². The molecule has 2 bridgehead atoms. The lowest BCUT2D eigenvalue weighted by Crippen LogP contribution is -2.55. The lowest BCUT2D eigenvalue weighted by Gasteiger charge is -2.45. The van der Waals surface area contributed by atoms with Crippen molar-refractivity contribution in [2.75, 3.05) is 80.6 Å². The number of nitrogens with one attached hydrogen (secondary N) is 2. The molecule has 63 heavy (non-hydrogen) atoms. The number of benzene rings is 1. The number of rotatable bonds is 11. The van der Waals surface area contributed by atoms with Gasteiger partial charge in [-0.2, -0.15) is 15.3 Å². The summed E-state index contributed by atoms with van der Waals surface area (Å²) in [5.74, 6) is 0.794. The van der Waals surface area contributed by atoms with Gasteiger partial charge in [0.15, 0.2) is 11.3 Å². The average molecular weight is 866 g/mol. The molecule has 9 heterocycles. The van der Waals surface area contributed by atoms with Gasteiger partial charge in [0, 0.05) is 94.7 Å². The van der Waals surface area contributed by atoms with Gasteiger partial charge < -0.3 is 29.7 Å². The van der Waals surface area contributed by atoms with Crippen molar-refractivity contribution >= 4 is 51.5 Å². The Bertz CT molecular complexity index is 2550. The number of morpholine rings is 1. The molecule has 1 saturated carbocycles. The number of halogens is 2. The summed E-state index contributed by atoms with van der Waals surface area (Å²) in [6, 6.07) is 7.82. The van der Waals surface area contributed by atoms with Gasteiger partial charge in [-0.25, -0.2) is 18.3 Å². The Morgan fingerprint density at radius 1 is 0.952 bits per heavy atom. The molecular weight excluding hydrogens is 813 g/mol. The van der Waals surface area contributed by atoms with E-state index in [-0.39, 0.29) is 41.3 Å². The van der Waals surface area contributed by atoms with Crippen LogP contribution in [0.15, 0.2) is 42.9 Å². The van der Waals surface area contributed by atoms with Crippen LogP contribution < -0.4 is 20.4 Å². The quantitative estimate of drug-likeness (QED) is 0.182. The lowest BCUT2D eigenvalue weighted by atomic mass is 9.85. The number of carbonyl (C=O) groups excluding carboxylic acids is 3. The summed E-state index contributed by atoms with van der Waals surface area (Å²) >= 11 is 0. The molecule has 1 aliphatic carbocycles. The van der Waals surface area contributed by atoms with E-state index in [2.05, 4.69) is 46.5 Å². The molecule has 3 amide bonds. The number of imide groups is 1. The largest absolute Gasteiger partial charge is 0.374 e. The molecule has 6 aliphatic rings. The van der Waals surface area contributed by atoms with Crippen molar-refractivity contribution in [1.29, 1.82) is 0 Å². The summed E-state index contributed by atoms with van der Waals surface area (Å²) in [6.45, 7) is 11.6. The molecule has 332 valence electrons. The lowest BCUT2D eigenvalue weighted by molar-refractivity contribution is -0.135. The van der Waals surface area contributed by atoms with E-state index in [0.717, 1.165) is 119 Å². The zero-order valence-electron chi connectivity index (χ0n) is 35.4. The minimum Gasteiger partial charge on any atom is -0.374 e. The van der Waals surface area contributed by atoms with Crippen LogP contribution in [0, 0.1) is 18.8 Å². The highest BCUT2D eigenvalue weighted by atomic mass is 19.3. The Hall–Kier alpha value is -5.53. The maximum Gasteiger partial charge on any atom is 0.284 e. The van der Waals surface area contributed by atoms with Crippen molar-refractivity contribution in [2.45, 2.75) is 82.5 Å². The number of anilines is 3. The fraction of sp³-hybridized carbons (Fsp3) is 0.568. The van der Waals surface area contributed by atoms with Crippen LogP contribution in [0.1, 0.15) is 85.2 Å². The third kappa shape index (κ3) is 7.60. The molecule has 19 heteroatoms. The first kappa shape index (κ1) is 40.3. The number of fused-ring (bicyclic) bond motifs is 4. The van der Waals surface area contributed by atoms with Crippen molar-refractivity contribution in [3.63, 3.8) is 0 Å². The summed E-state index contributed by atoms with van der Waals surface area (Å²) < 4.78 is 39.3. The van der Waals surface area contributed by atoms with Crippen LogP contribution in [0.4, 0.5) is 26.0 Å². The Morgan fingerprint density at radius 2 is 1.73 bits per heavy atom. The monoisotopic (exact) mass is 865 g/mol. The van der Waals surface area contributed by atoms with E-state index in [1.807, 2.05) is 25.1 Å². The Labute approximate surface area is 362 Å². The van der Waals surface area contributed by atoms with Gasteiger partial charge in [-0.1, -0.05) is 6.07 Å². The minimum atomic E-state index is -2.84. The number of alkyl halides is 2. The highest BCUT2D eigenvalue weighted by Gasteiger charge is 2.40. The third-order valence-electron chi connectivity index (χ3n) is 14.4. The molecule has 1 aromatic carbocycles. The van der Waals surface area contributed by atoms with Crippen LogP contribution in [0.3, 0.4) is 0 Å². The van der Waals surface area contributed by atoms with Crippen LogP contribution >= 0.6 is 0 Å². The van der Waals surface area contributed by atoms with Gasteiger partial charge in [-0.15, -0.1) is 0 Å². The fourth-order valence-corrected chi connectivity index (χ4v) is 11.0. The summed E-state index contributed by atoms with van der Waals surface area (Å²) in [7, 11) is 0. The van der Waals surface area contributed by atoms with Gasteiger partial charge in [0.1, 0.15) is 17.4 Å². The molecule has 0 spiro atoms. The van der Waals surface area contributed by atoms with E-state index in [1.165, 1.54) is 10.7 Å². The number of aromatic nitrogens is 7. The van der Waals surface area contributed by atoms with Gasteiger partial charge >= 0.3 is 0 Å².